The predicted molar refractivity (Wildman–Crippen MR) is 108 cm³/mol. The molecule has 0 radical (unpaired) electrons. The van der Waals surface area contributed by atoms with E-state index in [1.165, 1.54) is 11.3 Å². The Morgan fingerprint density at radius 3 is 2.50 bits per heavy atom. The smallest absolute Gasteiger partial charge is 0.262 e. The second kappa shape index (κ2) is 9.34. The second-order valence-corrected chi connectivity index (χ2v) is 7.84. The van der Waals surface area contributed by atoms with Crippen molar-refractivity contribution < 1.29 is 9.59 Å². The molecule has 4 N–H and O–H groups in total. The summed E-state index contributed by atoms with van der Waals surface area (Å²) < 4.78 is 1.76. The summed E-state index contributed by atoms with van der Waals surface area (Å²) in [4.78, 5) is 26.3. The van der Waals surface area contributed by atoms with Gasteiger partial charge < -0.3 is 16.4 Å². The van der Waals surface area contributed by atoms with Gasteiger partial charge in [0.15, 0.2) is 0 Å². The van der Waals surface area contributed by atoms with Gasteiger partial charge in [-0.15, -0.1) is 23.7 Å². The molecule has 2 aromatic heterocycles. The van der Waals surface area contributed by atoms with E-state index in [2.05, 4.69) is 29.6 Å². The molecule has 2 amide bonds. The number of hydrogen-bond donors (Lipinski definition) is 3. The molecule has 0 aliphatic heterocycles. The SMILES string of the molecule is Cc1nn(C)c2sc(C(=O)NC(C)C(=O)NC(CN)CC(C)C)cc12.Cl. The van der Waals surface area contributed by atoms with E-state index in [1.807, 2.05) is 20.0 Å². The minimum absolute atomic E-state index is 0. The van der Waals surface area contributed by atoms with Crippen LogP contribution in [0.1, 0.15) is 42.6 Å². The molecule has 0 saturated carbocycles. The molecule has 9 heteroatoms. The zero-order valence-corrected chi connectivity index (χ0v) is 17.5. The van der Waals surface area contributed by atoms with Gasteiger partial charge in [0.25, 0.3) is 5.91 Å². The van der Waals surface area contributed by atoms with Crippen LogP contribution in [0.3, 0.4) is 0 Å². The van der Waals surface area contributed by atoms with E-state index >= 15 is 0 Å². The highest BCUT2D eigenvalue weighted by Gasteiger charge is 2.21. The zero-order chi connectivity index (χ0) is 18.7. The van der Waals surface area contributed by atoms with Crippen LogP contribution in [-0.4, -0.2) is 40.2 Å². The topological polar surface area (TPSA) is 102 Å². The first-order chi connectivity index (χ1) is 11.7. The summed E-state index contributed by atoms with van der Waals surface area (Å²) in [7, 11) is 1.85. The third kappa shape index (κ3) is 5.18. The molecule has 0 bridgehead atoms. The maximum absolute atomic E-state index is 12.4. The molecule has 0 fully saturated rings. The standard InChI is InChI=1S/C17H27N5O2S.ClH/c1-9(2)6-12(8-18)20-15(23)11(4)19-16(24)14-7-13-10(3)21-22(5)17(13)25-14;/h7,9,11-12H,6,8,18H2,1-5H3,(H,19,24)(H,20,23);1H. The van der Waals surface area contributed by atoms with Gasteiger partial charge in [0.05, 0.1) is 10.6 Å². The van der Waals surface area contributed by atoms with Crippen molar-refractivity contribution in [1.29, 1.82) is 0 Å². The van der Waals surface area contributed by atoms with E-state index < -0.39 is 6.04 Å². The maximum atomic E-state index is 12.4. The molecule has 0 spiro atoms. The molecule has 2 atom stereocenters. The molecular weight excluding hydrogens is 374 g/mol. The van der Waals surface area contributed by atoms with Gasteiger partial charge in [-0.1, -0.05) is 13.8 Å². The van der Waals surface area contributed by atoms with Gasteiger partial charge in [-0.25, -0.2) is 0 Å². The van der Waals surface area contributed by atoms with Crippen LogP contribution in [-0.2, 0) is 11.8 Å². The monoisotopic (exact) mass is 401 g/mol. The summed E-state index contributed by atoms with van der Waals surface area (Å²) in [5, 5.41) is 11.0. The summed E-state index contributed by atoms with van der Waals surface area (Å²) in [6, 6.07) is 1.12. The first-order valence-corrected chi connectivity index (χ1v) is 9.29. The highest BCUT2D eigenvalue weighted by molar-refractivity contribution is 7.20. The van der Waals surface area contributed by atoms with Gasteiger partial charge in [0.2, 0.25) is 5.91 Å². The van der Waals surface area contributed by atoms with Crippen LogP contribution in [0.5, 0.6) is 0 Å². The van der Waals surface area contributed by atoms with Gasteiger partial charge in [-0.2, -0.15) is 5.10 Å². The number of hydrogen-bond acceptors (Lipinski definition) is 5. The molecule has 7 nitrogen and oxygen atoms in total. The first-order valence-electron chi connectivity index (χ1n) is 8.47. The number of nitrogens with zero attached hydrogens (tertiary/aromatic N) is 2. The number of rotatable bonds is 7. The summed E-state index contributed by atoms with van der Waals surface area (Å²) in [5.41, 5.74) is 6.60. The molecule has 0 aliphatic carbocycles. The van der Waals surface area contributed by atoms with E-state index in [0.29, 0.717) is 17.3 Å². The van der Waals surface area contributed by atoms with E-state index in [-0.39, 0.29) is 30.3 Å². The van der Waals surface area contributed by atoms with Crippen LogP contribution in [0.2, 0.25) is 0 Å². The van der Waals surface area contributed by atoms with Crippen molar-refractivity contribution >= 4 is 45.8 Å². The third-order valence-corrected chi connectivity index (χ3v) is 5.25. The van der Waals surface area contributed by atoms with Crippen molar-refractivity contribution in [3.8, 4) is 0 Å². The highest BCUT2D eigenvalue weighted by Crippen LogP contribution is 2.27. The molecule has 2 heterocycles. The quantitative estimate of drug-likeness (QED) is 0.660. The van der Waals surface area contributed by atoms with E-state index in [1.54, 1.807) is 11.6 Å². The van der Waals surface area contributed by atoms with Crippen molar-refractivity contribution in [2.45, 2.75) is 46.2 Å². The number of aromatic nitrogens is 2. The molecule has 2 aromatic rings. The number of halogens is 1. The first kappa shape index (κ1) is 22.4. The number of carbonyl (C=O) groups is 2. The largest absolute Gasteiger partial charge is 0.350 e. The summed E-state index contributed by atoms with van der Waals surface area (Å²) >= 11 is 1.37. The van der Waals surface area contributed by atoms with E-state index in [9.17, 15) is 9.59 Å². The third-order valence-electron chi connectivity index (χ3n) is 4.05. The Morgan fingerprint density at radius 2 is 1.96 bits per heavy atom. The molecule has 0 aromatic carbocycles. The maximum Gasteiger partial charge on any atom is 0.262 e. The minimum Gasteiger partial charge on any atom is -0.350 e. The fraction of sp³-hybridized carbons (Fsp3) is 0.588. The normalized spacial score (nSPS) is 13.3. The Morgan fingerprint density at radius 1 is 1.31 bits per heavy atom. The number of carbonyl (C=O) groups excluding carboxylic acids is 2. The highest BCUT2D eigenvalue weighted by atomic mass is 35.5. The fourth-order valence-electron chi connectivity index (χ4n) is 2.76. The minimum atomic E-state index is -0.627. The van der Waals surface area contributed by atoms with Crippen LogP contribution >= 0.6 is 23.7 Å². The Labute approximate surface area is 164 Å². The number of aryl methyl sites for hydroxylation is 2. The number of fused-ring (bicyclic) bond motifs is 1. The Bertz CT molecular complexity index is 736. The molecule has 2 unspecified atom stereocenters. The number of nitrogens with one attached hydrogen (secondary N) is 2. The lowest BCUT2D eigenvalue weighted by Gasteiger charge is -2.21. The Kier molecular flexibility index (Phi) is 8.05. The molecule has 146 valence electrons. The molecular formula is C17H28ClN5O2S. The lowest BCUT2D eigenvalue weighted by Crippen LogP contribution is -2.50. The molecule has 26 heavy (non-hydrogen) atoms. The van der Waals surface area contributed by atoms with Gasteiger partial charge in [0.1, 0.15) is 10.9 Å². The van der Waals surface area contributed by atoms with Crippen molar-refractivity contribution in [3.05, 3.63) is 16.6 Å². The zero-order valence-electron chi connectivity index (χ0n) is 15.8. The van der Waals surface area contributed by atoms with Crippen molar-refractivity contribution in [2.24, 2.45) is 18.7 Å². The van der Waals surface area contributed by atoms with Gasteiger partial charge in [-0.3, -0.25) is 14.3 Å². The molecule has 0 aliphatic rings. The van der Waals surface area contributed by atoms with Crippen molar-refractivity contribution in [2.75, 3.05) is 6.54 Å². The number of nitrogens with two attached hydrogens (primary N) is 1. The Balaban J connectivity index is 0.00000338. The molecule has 0 saturated heterocycles. The average Bonchev–Trinajstić information content (AvgIpc) is 3.08. The van der Waals surface area contributed by atoms with Crippen LogP contribution in [0.15, 0.2) is 6.07 Å². The second-order valence-electron chi connectivity index (χ2n) is 6.80. The predicted octanol–water partition coefficient (Wildman–Crippen LogP) is 1.97. The van der Waals surface area contributed by atoms with Crippen molar-refractivity contribution in [1.82, 2.24) is 20.4 Å². The summed E-state index contributed by atoms with van der Waals surface area (Å²) in [6.45, 7) is 8.13. The number of thiophene rings is 1. The van der Waals surface area contributed by atoms with Crippen molar-refractivity contribution in [3.63, 3.8) is 0 Å². The van der Waals surface area contributed by atoms with Gasteiger partial charge in [0, 0.05) is 25.0 Å². The average molecular weight is 402 g/mol. The Hall–Kier alpha value is -1.64. The van der Waals surface area contributed by atoms with E-state index in [0.717, 1.165) is 22.3 Å². The van der Waals surface area contributed by atoms with Gasteiger partial charge >= 0.3 is 0 Å². The lowest BCUT2D eigenvalue weighted by atomic mass is 10.0. The summed E-state index contributed by atoms with van der Waals surface area (Å²) in [5.74, 6) is -0.0334. The number of amides is 2. The lowest BCUT2D eigenvalue weighted by molar-refractivity contribution is -0.123. The van der Waals surface area contributed by atoms with Crippen LogP contribution < -0.4 is 16.4 Å². The fourth-order valence-corrected chi connectivity index (χ4v) is 3.79. The van der Waals surface area contributed by atoms with Gasteiger partial charge in [-0.05, 0) is 32.3 Å². The van der Waals surface area contributed by atoms with Crippen LogP contribution in [0, 0.1) is 12.8 Å². The summed E-state index contributed by atoms with van der Waals surface area (Å²) in [6.07, 6.45) is 0.811. The molecule has 2 rings (SSSR count). The van der Waals surface area contributed by atoms with Crippen LogP contribution in [0.25, 0.3) is 10.2 Å². The van der Waals surface area contributed by atoms with E-state index in [4.69, 9.17) is 5.73 Å². The van der Waals surface area contributed by atoms with Crippen LogP contribution in [0.4, 0.5) is 0 Å².